The van der Waals surface area contributed by atoms with Gasteiger partial charge in [0.1, 0.15) is 18.1 Å². The highest BCUT2D eigenvalue weighted by molar-refractivity contribution is 6.06. The number of hydrogen-bond acceptors (Lipinski definition) is 5. The molecule has 1 amide bonds. The first-order chi connectivity index (χ1) is 14.2. The topological polar surface area (TPSA) is 69.7 Å². The second-order valence-electron chi connectivity index (χ2n) is 6.30. The van der Waals surface area contributed by atoms with Crippen LogP contribution in [0.4, 0.5) is 5.69 Å². The van der Waals surface area contributed by atoms with Crippen molar-refractivity contribution in [1.82, 2.24) is 4.98 Å². The third-order valence-electron chi connectivity index (χ3n) is 4.04. The van der Waals surface area contributed by atoms with E-state index >= 15 is 0 Å². The largest absolute Gasteiger partial charge is 0.490 e. The summed E-state index contributed by atoms with van der Waals surface area (Å²) in [5.41, 5.74) is 2.19. The number of rotatable bonds is 9. The summed E-state index contributed by atoms with van der Waals surface area (Å²) in [5, 5.41) is 2.88. The molecule has 6 heteroatoms. The quantitative estimate of drug-likeness (QED) is 0.527. The van der Waals surface area contributed by atoms with Crippen molar-refractivity contribution in [3.05, 3.63) is 78.0 Å². The van der Waals surface area contributed by atoms with E-state index in [4.69, 9.17) is 14.2 Å². The number of aromatic nitrogens is 1. The van der Waals surface area contributed by atoms with Gasteiger partial charge in [0.05, 0.1) is 12.2 Å². The molecule has 0 aliphatic carbocycles. The van der Waals surface area contributed by atoms with E-state index < -0.39 is 0 Å². The Balaban J connectivity index is 1.61. The third-order valence-corrected chi connectivity index (χ3v) is 4.04. The van der Waals surface area contributed by atoms with Gasteiger partial charge in [-0.05, 0) is 55.8 Å². The molecule has 1 aromatic heterocycles. The van der Waals surface area contributed by atoms with E-state index in [-0.39, 0.29) is 5.91 Å². The number of nitrogens with zero attached hydrogens (tertiary/aromatic N) is 1. The number of carbonyl (C=O) groups excluding carboxylic acids is 1. The van der Waals surface area contributed by atoms with E-state index in [1.54, 1.807) is 48.7 Å². The fourth-order valence-corrected chi connectivity index (χ4v) is 2.58. The van der Waals surface area contributed by atoms with Gasteiger partial charge in [0.2, 0.25) is 5.88 Å². The van der Waals surface area contributed by atoms with Crippen LogP contribution in [0.2, 0.25) is 0 Å². The van der Waals surface area contributed by atoms with Crippen LogP contribution >= 0.6 is 0 Å². The zero-order valence-corrected chi connectivity index (χ0v) is 16.6. The molecule has 2 aromatic carbocycles. The Morgan fingerprint density at radius 1 is 1.00 bits per heavy atom. The molecule has 0 unspecified atom stereocenters. The molecule has 0 saturated carbocycles. The predicted octanol–water partition coefficient (Wildman–Crippen LogP) is 4.85. The first-order valence-corrected chi connectivity index (χ1v) is 9.47. The van der Waals surface area contributed by atoms with Crippen molar-refractivity contribution in [2.45, 2.75) is 13.8 Å². The highest BCUT2D eigenvalue weighted by Crippen LogP contribution is 2.23. The number of hydrogen-bond donors (Lipinski definition) is 1. The Morgan fingerprint density at radius 3 is 2.52 bits per heavy atom. The molecule has 29 heavy (non-hydrogen) atoms. The predicted molar refractivity (Wildman–Crippen MR) is 112 cm³/mol. The monoisotopic (exact) mass is 392 g/mol. The molecular formula is C23H24N2O4. The van der Waals surface area contributed by atoms with Gasteiger partial charge in [-0.2, -0.15) is 0 Å². The molecule has 0 atom stereocenters. The first kappa shape index (κ1) is 20.4. The number of nitrogens with one attached hydrogen (secondary N) is 1. The minimum Gasteiger partial charge on any atom is -0.490 e. The van der Waals surface area contributed by atoms with Crippen LogP contribution in [0, 0.1) is 6.92 Å². The summed E-state index contributed by atoms with van der Waals surface area (Å²) < 4.78 is 16.7. The number of ether oxygens (including phenoxy) is 3. The summed E-state index contributed by atoms with van der Waals surface area (Å²) >= 11 is 0. The Hall–Kier alpha value is -3.38. The Morgan fingerprint density at radius 2 is 1.79 bits per heavy atom. The summed E-state index contributed by atoms with van der Waals surface area (Å²) in [6.07, 6.45) is 1.75. The molecule has 3 rings (SSSR count). The van der Waals surface area contributed by atoms with E-state index in [0.29, 0.717) is 48.5 Å². The van der Waals surface area contributed by atoms with Crippen molar-refractivity contribution in [3.63, 3.8) is 0 Å². The van der Waals surface area contributed by atoms with Crippen LogP contribution in [0.3, 0.4) is 0 Å². The van der Waals surface area contributed by atoms with Crippen molar-refractivity contribution < 1.29 is 19.0 Å². The normalized spacial score (nSPS) is 10.4. The number of anilines is 1. The van der Waals surface area contributed by atoms with Crippen LogP contribution in [-0.4, -0.2) is 30.7 Å². The zero-order chi connectivity index (χ0) is 20.5. The number of benzene rings is 2. The van der Waals surface area contributed by atoms with Crippen molar-refractivity contribution in [1.29, 1.82) is 0 Å². The van der Waals surface area contributed by atoms with Crippen LogP contribution in [0.1, 0.15) is 22.8 Å². The summed E-state index contributed by atoms with van der Waals surface area (Å²) in [6, 6.07) is 18.0. The first-order valence-electron chi connectivity index (χ1n) is 9.47. The number of amides is 1. The lowest BCUT2D eigenvalue weighted by atomic mass is 10.2. The zero-order valence-electron chi connectivity index (χ0n) is 16.6. The fourth-order valence-electron chi connectivity index (χ4n) is 2.58. The standard InChI is InChI=1S/C23H24N2O4/c1-3-27-14-15-28-21-7-5-4-6-20(21)23(26)25-18-9-11-19(12-10-18)29-22-13-8-17(2)16-24-22/h4-13,16H,3,14-15H2,1-2H3,(H,25,26). The van der Waals surface area contributed by atoms with Gasteiger partial charge in [-0.3, -0.25) is 4.79 Å². The minimum atomic E-state index is -0.245. The Labute approximate surface area is 170 Å². The van der Waals surface area contributed by atoms with Gasteiger partial charge < -0.3 is 19.5 Å². The summed E-state index contributed by atoms with van der Waals surface area (Å²) in [6.45, 7) is 5.39. The summed E-state index contributed by atoms with van der Waals surface area (Å²) in [7, 11) is 0. The van der Waals surface area contributed by atoms with E-state index in [1.165, 1.54) is 0 Å². The molecule has 0 bridgehead atoms. The molecule has 6 nitrogen and oxygen atoms in total. The summed E-state index contributed by atoms with van der Waals surface area (Å²) in [4.78, 5) is 16.9. The molecule has 3 aromatic rings. The van der Waals surface area contributed by atoms with Gasteiger partial charge in [0.15, 0.2) is 0 Å². The van der Waals surface area contributed by atoms with Gasteiger partial charge in [-0.1, -0.05) is 18.2 Å². The van der Waals surface area contributed by atoms with Crippen molar-refractivity contribution in [2.75, 3.05) is 25.1 Å². The Kier molecular flexibility index (Phi) is 7.19. The van der Waals surface area contributed by atoms with Crippen LogP contribution in [-0.2, 0) is 4.74 Å². The van der Waals surface area contributed by atoms with Crippen molar-refractivity contribution in [2.24, 2.45) is 0 Å². The maximum Gasteiger partial charge on any atom is 0.259 e. The number of para-hydroxylation sites is 1. The van der Waals surface area contributed by atoms with E-state index in [0.717, 1.165) is 5.56 Å². The fraction of sp³-hybridized carbons (Fsp3) is 0.217. The van der Waals surface area contributed by atoms with Crippen LogP contribution in [0.5, 0.6) is 17.4 Å². The number of carbonyl (C=O) groups is 1. The second kappa shape index (κ2) is 10.2. The molecule has 1 N–H and O–H groups in total. The molecular weight excluding hydrogens is 368 g/mol. The van der Waals surface area contributed by atoms with E-state index in [1.807, 2.05) is 32.0 Å². The van der Waals surface area contributed by atoms with Gasteiger partial charge >= 0.3 is 0 Å². The van der Waals surface area contributed by atoms with Crippen LogP contribution in [0.15, 0.2) is 66.9 Å². The molecule has 0 spiro atoms. The lowest BCUT2D eigenvalue weighted by Gasteiger charge is -2.12. The van der Waals surface area contributed by atoms with Gasteiger partial charge in [0, 0.05) is 24.6 Å². The molecule has 150 valence electrons. The summed E-state index contributed by atoms with van der Waals surface area (Å²) in [5.74, 6) is 1.44. The average molecular weight is 392 g/mol. The average Bonchev–Trinajstić information content (AvgIpc) is 2.74. The van der Waals surface area contributed by atoms with Crippen LogP contribution in [0.25, 0.3) is 0 Å². The van der Waals surface area contributed by atoms with Gasteiger partial charge in [-0.25, -0.2) is 4.98 Å². The Bertz CT molecular complexity index is 924. The minimum absolute atomic E-state index is 0.245. The maximum atomic E-state index is 12.7. The van der Waals surface area contributed by atoms with Gasteiger partial charge in [-0.15, -0.1) is 0 Å². The lowest BCUT2D eigenvalue weighted by Crippen LogP contribution is -2.15. The highest BCUT2D eigenvalue weighted by atomic mass is 16.5. The lowest BCUT2D eigenvalue weighted by molar-refractivity contribution is 0.0998. The highest BCUT2D eigenvalue weighted by Gasteiger charge is 2.12. The molecule has 0 aliphatic rings. The SMILES string of the molecule is CCOCCOc1ccccc1C(=O)Nc1ccc(Oc2ccc(C)cn2)cc1. The second-order valence-corrected chi connectivity index (χ2v) is 6.30. The third kappa shape index (κ3) is 6.05. The molecule has 0 aliphatic heterocycles. The molecule has 0 radical (unpaired) electrons. The molecule has 0 saturated heterocycles. The number of aryl methyl sites for hydroxylation is 1. The molecule has 1 heterocycles. The maximum absolute atomic E-state index is 12.7. The smallest absolute Gasteiger partial charge is 0.259 e. The van der Waals surface area contributed by atoms with E-state index in [9.17, 15) is 4.79 Å². The van der Waals surface area contributed by atoms with E-state index in [2.05, 4.69) is 10.3 Å². The molecule has 0 fully saturated rings. The van der Waals surface area contributed by atoms with Gasteiger partial charge in [0.25, 0.3) is 5.91 Å². The number of pyridine rings is 1. The van der Waals surface area contributed by atoms with Crippen molar-refractivity contribution >= 4 is 11.6 Å². The van der Waals surface area contributed by atoms with Crippen LogP contribution < -0.4 is 14.8 Å². The van der Waals surface area contributed by atoms with Crippen molar-refractivity contribution in [3.8, 4) is 17.4 Å².